The number of rotatable bonds is 4. The van der Waals surface area contributed by atoms with Gasteiger partial charge in [0, 0.05) is 13.1 Å². The largest absolute Gasteiger partial charge is 0.355 e. The fourth-order valence-electron chi connectivity index (χ4n) is 2.08. The van der Waals surface area contributed by atoms with E-state index in [-0.39, 0.29) is 0 Å². The molecule has 0 amide bonds. The van der Waals surface area contributed by atoms with Gasteiger partial charge >= 0.3 is 0 Å². The van der Waals surface area contributed by atoms with Crippen LogP contribution in [0.25, 0.3) is 0 Å². The van der Waals surface area contributed by atoms with Gasteiger partial charge in [-0.05, 0) is 33.2 Å². The smallest absolute Gasteiger partial charge is 0.224 e. The molecule has 0 unspecified atom stereocenters. The van der Waals surface area contributed by atoms with E-state index in [1.165, 1.54) is 12.8 Å². The van der Waals surface area contributed by atoms with Crippen molar-refractivity contribution >= 4 is 5.95 Å². The maximum atomic E-state index is 4.28. The molecule has 1 aromatic heterocycles. The molecule has 2 heterocycles. The van der Waals surface area contributed by atoms with Gasteiger partial charge in [-0.2, -0.15) is 0 Å². The number of nitrogens with one attached hydrogen (secondary N) is 2. The molecular formula is C10H19N5. The van der Waals surface area contributed by atoms with Crippen LogP contribution in [-0.4, -0.2) is 27.9 Å². The van der Waals surface area contributed by atoms with E-state index in [0.717, 1.165) is 31.4 Å². The first-order chi connectivity index (χ1) is 7.36. The molecular weight excluding hydrogens is 190 g/mol. The van der Waals surface area contributed by atoms with Crippen molar-refractivity contribution in [2.45, 2.75) is 39.3 Å². The SMILES string of the molecule is CCNc1nnc([C@H]2CCCN2)n1CC. The van der Waals surface area contributed by atoms with Crippen molar-refractivity contribution < 1.29 is 0 Å². The molecule has 2 rings (SSSR count). The Kier molecular flexibility index (Phi) is 3.20. The van der Waals surface area contributed by atoms with E-state index in [0.29, 0.717) is 6.04 Å². The van der Waals surface area contributed by atoms with Crippen LogP contribution >= 0.6 is 0 Å². The molecule has 0 saturated carbocycles. The summed E-state index contributed by atoms with van der Waals surface area (Å²) in [4.78, 5) is 0. The molecule has 0 spiro atoms. The molecule has 2 N–H and O–H groups in total. The van der Waals surface area contributed by atoms with Crippen LogP contribution in [0.2, 0.25) is 0 Å². The van der Waals surface area contributed by atoms with Crippen LogP contribution in [0.3, 0.4) is 0 Å². The third-order valence-corrected chi connectivity index (χ3v) is 2.80. The van der Waals surface area contributed by atoms with Gasteiger partial charge in [0.1, 0.15) is 0 Å². The Labute approximate surface area is 90.3 Å². The standard InChI is InChI=1S/C10H19N5/c1-3-11-10-14-13-9(15(10)4-2)8-6-5-7-12-8/h8,12H,3-7H2,1-2H3,(H,11,14)/t8-/m1/s1. The van der Waals surface area contributed by atoms with Gasteiger partial charge in [-0.3, -0.25) is 4.57 Å². The van der Waals surface area contributed by atoms with Crippen LogP contribution in [0.15, 0.2) is 0 Å². The van der Waals surface area contributed by atoms with Crippen molar-refractivity contribution in [1.29, 1.82) is 0 Å². The van der Waals surface area contributed by atoms with E-state index >= 15 is 0 Å². The predicted molar refractivity (Wildman–Crippen MR) is 59.8 cm³/mol. The summed E-state index contributed by atoms with van der Waals surface area (Å²) in [5.74, 6) is 1.97. The Morgan fingerprint density at radius 3 is 2.93 bits per heavy atom. The maximum Gasteiger partial charge on any atom is 0.224 e. The van der Waals surface area contributed by atoms with E-state index in [1.54, 1.807) is 0 Å². The molecule has 1 aliphatic rings. The third-order valence-electron chi connectivity index (χ3n) is 2.80. The summed E-state index contributed by atoms with van der Waals surface area (Å²) in [6.07, 6.45) is 2.40. The van der Waals surface area contributed by atoms with Crippen LogP contribution in [0, 0.1) is 0 Å². The fraction of sp³-hybridized carbons (Fsp3) is 0.800. The minimum absolute atomic E-state index is 0.393. The highest BCUT2D eigenvalue weighted by Gasteiger charge is 2.22. The molecule has 5 heteroatoms. The molecule has 1 aromatic rings. The normalized spacial score (nSPS) is 20.8. The van der Waals surface area contributed by atoms with Gasteiger partial charge < -0.3 is 10.6 Å². The van der Waals surface area contributed by atoms with Gasteiger partial charge in [-0.25, -0.2) is 0 Å². The van der Waals surface area contributed by atoms with E-state index in [2.05, 4.69) is 39.2 Å². The lowest BCUT2D eigenvalue weighted by Crippen LogP contribution is -2.18. The van der Waals surface area contributed by atoms with Gasteiger partial charge in [-0.15, -0.1) is 10.2 Å². The highest BCUT2D eigenvalue weighted by atomic mass is 15.4. The molecule has 0 bridgehead atoms. The van der Waals surface area contributed by atoms with E-state index in [9.17, 15) is 0 Å². The predicted octanol–water partition coefficient (Wildman–Crippen LogP) is 1.15. The average molecular weight is 209 g/mol. The monoisotopic (exact) mass is 209 g/mol. The first kappa shape index (κ1) is 10.4. The minimum Gasteiger partial charge on any atom is -0.355 e. The Morgan fingerprint density at radius 2 is 2.33 bits per heavy atom. The number of hydrogen-bond donors (Lipinski definition) is 2. The van der Waals surface area contributed by atoms with Crippen molar-refractivity contribution in [3.8, 4) is 0 Å². The second kappa shape index (κ2) is 4.61. The topological polar surface area (TPSA) is 54.8 Å². The van der Waals surface area contributed by atoms with Gasteiger partial charge in [-0.1, -0.05) is 0 Å². The van der Waals surface area contributed by atoms with Crippen LogP contribution in [0.4, 0.5) is 5.95 Å². The van der Waals surface area contributed by atoms with Crippen LogP contribution < -0.4 is 10.6 Å². The highest BCUT2D eigenvalue weighted by molar-refractivity contribution is 5.26. The Bertz CT molecular complexity index is 314. The van der Waals surface area contributed by atoms with Crippen molar-refractivity contribution in [2.24, 2.45) is 0 Å². The van der Waals surface area contributed by atoms with Gasteiger partial charge in [0.15, 0.2) is 5.82 Å². The summed E-state index contributed by atoms with van der Waals surface area (Å²) in [6.45, 7) is 7.10. The van der Waals surface area contributed by atoms with E-state index < -0.39 is 0 Å². The summed E-state index contributed by atoms with van der Waals surface area (Å²) >= 11 is 0. The van der Waals surface area contributed by atoms with Crippen LogP contribution in [0.1, 0.15) is 38.6 Å². The molecule has 5 nitrogen and oxygen atoms in total. The molecule has 0 radical (unpaired) electrons. The molecule has 1 fully saturated rings. The lowest BCUT2D eigenvalue weighted by molar-refractivity contribution is 0.559. The second-order valence-corrected chi connectivity index (χ2v) is 3.81. The zero-order valence-electron chi connectivity index (χ0n) is 9.45. The summed E-state index contributed by atoms with van der Waals surface area (Å²) in [5, 5.41) is 15.1. The molecule has 0 aromatic carbocycles. The lowest BCUT2D eigenvalue weighted by Gasteiger charge is -2.12. The minimum atomic E-state index is 0.393. The lowest BCUT2D eigenvalue weighted by atomic mass is 10.2. The second-order valence-electron chi connectivity index (χ2n) is 3.81. The van der Waals surface area contributed by atoms with Crippen molar-refractivity contribution in [1.82, 2.24) is 20.1 Å². The van der Waals surface area contributed by atoms with E-state index in [4.69, 9.17) is 0 Å². The molecule has 1 atom stereocenters. The van der Waals surface area contributed by atoms with Crippen molar-refractivity contribution in [3.63, 3.8) is 0 Å². The van der Waals surface area contributed by atoms with Crippen LogP contribution in [0.5, 0.6) is 0 Å². The zero-order chi connectivity index (χ0) is 10.7. The maximum absolute atomic E-state index is 4.28. The quantitative estimate of drug-likeness (QED) is 0.781. The van der Waals surface area contributed by atoms with Crippen molar-refractivity contribution in [2.75, 3.05) is 18.4 Å². The summed E-state index contributed by atoms with van der Waals surface area (Å²) in [6, 6.07) is 0.393. The van der Waals surface area contributed by atoms with Gasteiger partial charge in [0.2, 0.25) is 5.95 Å². The van der Waals surface area contributed by atoms with Crippen molar-refractivity contribution in [3.05, 3.63) is 5.82 Å². The molecule has 1 aliphatic heterocycles. The number of anilines is 1. The number of hydrogen-bond acceptors (Lipinski definition) is 4. The molecule has 15 heavy (non-hydrogen) atoms. The summed E-state index contributed by atoms with van der Waals surface area (Å²) in [5.41, 5.74) is 0. The third kappa shape index (κ3) is 1.97. The average Bonchev–Trinajstić information content (AvgIpc) is 2.85. The number of aromatic nitrogens is 3. The van der Waals surface area contributed by atoms with E-state index in [1.807, 2.05) is 0 Å². The Balaban J connectivity index is 2.22. The fourth-order valence-corrected chi connectivity index (χ4v) is 2.08. The number of nitrogens with zero attached hydrogens (tertiary/aromatic N) is 3. The summed E-state index contributed by atoms with van der Waals surface area (Å²) in [7, 11) is 0. The molecule has 84 valence electrons. The van der Waals surface area contributed by atoms with Crippen LogP contribution in [-0.2, 0) is 6.54 Å². The molecule has 1 saturated heterocycles. The Hall–Kier alpha value is -1.10. The highest BCUT2D eigenvalue weighted by Crippen LogP contribution is 2.23. The zero-order valence-corrected chi connectivity index (χ0v) is 9.45. The Morgan fingerprint density at radius 1 is 1.47 bits per heavy atom. The van der Waals surface area contributed by atoms with Gasteiger partial charge in [0.25, 0.3) is 0 Å². The molecule has 0 aliphatic carbocycles. The summed E-state index contributed by atoms with van der Waals surface area (Å²) < 4.78 is 2.16. The van der Waals surface area contributed by atoms with Gasteiger partial charge in [0.05, 0.1) is 6.04 Å². The first-order valence-electron chi connectivity index (χ1n) is 5.77. The first-order valence-corrected chi connectivity index (χ1v) is 5.77.